The molecule has 1 aromatic heterocycles. The van der Waals surface area contributed by atoms with Crippen LogP contribution in [-0.2, 0) is 13.2 Å². The molecule has 0 fully saturated rings. The summed E-state index contributed by atoms with van der Waals surface area (Å²) in [6.45, 7) is 10.8. The van der Waals surface area contributed by atoms with Crippen LogP contribution in [0.3, 0.4) is 0 Å². The summed E-state index contributed by atoms with van der Waals surface area (Å²) in [7, 11) is 0. The quantitative estimate of drug-likeness (QED) is 0.847. The van der Waals surface area contributed by atoms with Gasteiger partial charge in [0.05, 0.1) is 11.4 Å². The van der Waals surface area contributed by atoms with E-state index in [9.17, 15) is 0 Å². The molecule has 0 radical (unpaired) electrons. The fourth-order valence-electron chi connectivity index (χ4n) is 2.42. The average Bonchev–Trinajstić information content (AvgIpc) is 2.86. The van der Waals surface area contributed by atoms with E-state index >= 15 is 0 Å². The minimum absolute atomic E-state index is 0.369. The van der Waals surface area contributed by atoms with Crippen molar-refractivity contribution in [3.8, 4) is 5.75 Å². The molecule has 1 heterocycles. The first-order valence-electron chi connectivity index (χ1n) is 7.63. The van der Waals surface area contributed by atoms with Crippen molar-refractivity contribution in [2.75, 3.05) is 6.54 Å². The van der Waals surface area contributed by atoms with Crippen LogP contribution in [0.25, 0.3) is 0 Å². The van der Waals surface area contributed by atoms with E-state index in [4.69, 9.17) is 4.74 Å². The number of nitrogens with zero attached hydrogens (tertiary/aromatic N) is 2. The van der Waals surface area contributed by atoms with Crippen LogP contribution in [0.15, 0.2) is 30.3 Å². The maximum Gasteiger partial charge on any atom is 0.130 e. The second-order valence-corrected chi connectivity index (χ2v) is 5.23. The molecule has 114 valence electrons. The number of nitrogens with one attached hydrogen (secondary N) is 1. The fraction of sp³-hybridized carbons (Fsp3) is 0.471. The molecule has 0 aliphatic carbocycles. The van der Waals surface area contributed by atoms with Crippen molar-refractivity contribution in [2.45, 2.75) is 46.9 Å². The summed E-state index contributed by atoms with van der Waals surface area (Å²) < 4.78 is 7.84. The molecule has 2 aromatic rings. The Labute approximate surface area is 127 Å². The number of benzene rings is 1. The second-order valence-electron chi connectivity index (χ2n) is 5.23. The Morgan fingerprint density at radius 1 is 1.24 bits per heavy atom. The zero-order valence-corrected chi connectivity index (χ0v) is 13.4. The van der Waals surface area contributed by atoms with Crippen molar-refractivity contribution in [3.63, 3.8) is 0 Å². The molecule has 1 N–H and O–H groups in total. The normalized spacial score (nSPS) is 12.4. The summed E-state index contributed by atoms with van der Waals surface area (Å²) in [6.07, 6.45) is 0. The van der Waals surface area contributed by atoms with E-state index in [0.717, 1.165) is 30.2 Å². The number of hydrogen-bond donors (Lipinski definition) is 1. The number of ether oxygens (including phenoxy) is 1. The topological polar surface area (TPSA) is 39.1 Å². The van der Waals surface area contributed by atoms with Crippen molar-refractivity contribution in [1.82, 2.24) is 15.1 Å². The van der Waals surface area contributed by atoms with Gasteiger partial charge in [0.1, 0.15) is 12.4 Å². The Balaban J connectivity index is 1.97. The predicted octanol–water partition coefficient (Wildman–Crippen LogP) is 3.46. The molecule has 0 aliphatic heterocycles. The molecule has 0 amide bonds. The first kappa shape index (κ1) is 15.6. The Hall–Kier alpha value is -1.81. The van der Waals surface area contributed by atoms with Crippen LogP contribution < -0.4 is 10.1 Å². The van der Waals surface area contributed by atoms with Crippen LogP contribution in [0.4, 0.5) is 0 Å². The van der Waals surface area contributed by atoms with E-state index in [-0.39, 0.29) is 0 Å². The lowest BCUT2D eigenvalue weighted by Gasteiger charge is -2.13. The van der Waals surface area contributed by atoms with Gasteiger partial charge in [0.2, 0.25) is 0 Å². The molecule has 0 bridgehead atoms. The van der Waals surface area contributed by atoms with Crippen LogP contribution in [-0.4, -0.2) is 16.3 Å². The highest BCUT2D eigenvalue weighted by Gasteiger charge is 2.06. The molecule has 1 atom stereocenters. The largest absolute Gasteiger partial charge is 0.487 e. The van der Waals surface area contributed by atoms with E-state index in [1.54, 1.807) is 0 Å². The molecule has 0 saturated carbocycles. The molecule has 1 aromatic carbocycles. The zero-order valence-electron chi connectivity index (χ0n) is 13.4. The van der Waals surface area contributed by atoms with Crippen molar-refractivity contribution < 1.29 is 4.74 Å². The van der Waals surface area contributed by atoms with Gasteiger partial charge in [0.25, 0.3) is 0 Å². The minimum Gasteiger partial charge on any atom is -0.487 e. The van der Waals surface area contributed by atoms with E-state index in [2.05, 4.69) is 49.4 Å². The van der Waals surface area contributed by atoms with Crippen LogP contribution >= 0.6 is 0 Å². The molecule has 2 rings (SSSR count). The third-order valence-corrected chi connectivity index (χ3v) is 3.56. The third-order valence-electron chi connectivity index (χ3n) is 3.56. The molecule has 21 heavy (non-hydrogen) atoms. The van der Waals surface area contributed by atoms with E-state index in [0.29, 0.717) is 12.6 Å². The van der Waals surface area contributed by atoms with Gasteiger partial charge in [-0.15, -0.1) is 0 Å². The Kier molecular flexibility index (Phi) is 5.39. The lowest BCUT2D eigenvalue weighted by molar-refractivity contribution is 0.292. The molecule has 4 nitrogen and oxygen atoms in total. The predicted molar refractivity (Wildman–Crippen MR) is 85.5 cm³/mol. The van der Waals surface area contributed by atoms with Crippen LogP contribution in [0.1, 0.15) is 43.8 Å². The van der Waals surface area contributed by atoms with Crippen molar-refractivity contribution >= 4 is 0 Å². The first-order chi connectivity index (χ1) is 10.1. The lowest BCUT2D eigenvalue weighted by atomic mass is 10.1. The van der Waals surface area contributed by atoms with Crippen LogP contribution in [0.5, 0.6) is 5.75 Å². The van der Waals surface area contributed by atoms with Gasteiger partial charge in [0.15, 0.2) is 0 Å². The van der Waals surface area contributed by atoms with Gasteiger partial charge in [-0.1, -0.05) is 19.1 Å². The average molecular weight is 287 g/mol. The maximum atomic E-state index is 5.86. The monoisotopic (exact) mass is 287 g/mol. The number of rotatable bonds is 7. The van der Waals surface area contributed by atoms with Gasteiger partial charge in [-0.05, 0) is 51.1 Å². The molecule has 0 spiro atoms. The van der Waals surface area contributed by atoms with Gasteiger partial charge in [0, 0.05) is 12.6 Å². The second kappa shape index (κ2) is 7.27. The fourth-order valence-corrected chi connectivity index (χ4v) is 2.42. The number of aryl methyl sites for hydroxylation is 2. The van der Waals surface area contributed by atoms with E-state index < -0.39 is 0 Å². The standard InChI is InChI=1S/C17H25N3O/c1-5-18-14(4)15-7-9-17(10-8-15)21-12-16-11-13(3)19-20(16)6-2/h7-11,14,18H,5-6,12H2,1-4H3. The van der Waals surface area contributed by atoms with Gasteiger partial charge >= 0.3 is 0 Å². The van der Waals surface area contributed by atoms with E-state index in [1.165, 1.54) is 5.56 Å². The van der Waals surface area contributed by atoms with Crippen molar-refractivity contribution in [1.29, 1.82) is 0 Å². The molecule has 0 saturated heterocycles. The molecular weight excluding hydrogens is 262 g/mol. The molecule has 0 aliphatic rings. The van der Waals surface area contributed by atoms with Gasteiger partial charge < -0.3 is 10.1 Å². The highest BCUT2D eigenvalue weighted by molar-refractivity contribution is 5.29. The smallest absolute Gasteiger partial charge is 0.130 e. The summed E-state index contributed by atoms with van der Waals surface area (Å²) in [5.74, 6) is 0.893. The van der Waals surface area contributed by atoms with Crippen LogP contribution in [0.2, 0.25) is 0 Å². The third kappa shape index (κ3) is 4.08. The Morgan fingerprint density at radius 2 is 1.95 bits per heavy atom. The number of hydrogen-bond acceptors (Lipinski definition) is 3. The maximum absolute atomic E-state index is 5.86. The molecule has 1 unspecified atom stereocenters. The van der Waals surface area contributed by atoms with Gasteiger partial charge in [-0.3, -0.25) is 4.68 Å². The van der Waals surface area contributed by atoms with E-state index in [1.807, 2.05) is 23.7 Å². The summed E-state index contributed by atoms with van der Waals surface area (Å²) in [5.41, 5.74) is 3.42. The summed E-state index contributed by atoms with van der Waals surface area (Å²) in [6, 6.07) is 10.7. The Morgan fingerprint density at radius 3 is 2.57 bits per heavy atom. The van der Waals surface area contributed by atoms with Crippen molar-refractivity contribution in [3.05, 3.63) is 47.3 Å². The molecular formula is C17H25N3O. The molecule has 4 heteroatoms. The highest BCUT2D eigenvalue weighted by atomic mass is 16.5. The van der Waals surface area contributed by atoms with Crippen molar-refractivity contribution in [2.24, 2.45) is 0 Å². The highest BCUT2D eigenvalue weighted by Crippen LogP contribution is 2.18. The van der Waals surface area contributed by atoms with Crippen LogP contribution in [0, 0.1) is 6.92 Å². The summed E-state index contributed by atoms with van der Waals surface area (Å²) >= 11 is 0. The first-order valence-corrected chi connectivity index (χ1v) is 7.63. The van der Waals surface area contributed by atoms with Gasteiger partial charge in [-0.2, -0.15) is 5.10 Å². The zero-order chi connectivity index (χ0) is 15.2. The SMILES string of the molecule is CCNC(C)c1ccc(OCc2cc(C)nn2CC)cc1. The van der Waals surface area contributed by atoms with Gasteiger partial charge in [-0.25, -0.2) is 0 Å². The minimum atomic E-state index is 0.369. The number of aromatic nitrogens is 2. The summed E-state index contributed by atoms with van der Waals surface area (Å²) in [5, 5.41) is 7.83. The Bertz CT molecular complexity index is 560. The lowest BCUT2D eigenvalue weighted by Crippen LogP contribution is -2.17. The summed E-state index contributed by atoms with van der Waals surface area (Å²) in [4.78, 5) is 0.